The van der Waals surface area contributed by atoms with Gasteiger partial charge >= 0.3 is 5.97 Å². The normalized spacial score (nSPS) is 13.1. The van der Waals surface area contributed by atoms with E-state index in [1.54, 1.807) is 31.4 Å². The molecule has 0 aliphatic heterocycles. The summed E-state index contributed by atoms with van der Waals surface area (Å²) in [7, 11) is 0. The van der Waals surface area contributed by atoms with Gasteiger partial charge in [0.15, 0.2) is 6.04 Å². The molecule has 0 radical (unpaired) electrons. The van der Waals surface area contributed by atoms with Crippen LogP contribution in [0, 0.1) is 5.92 Å². The molecule has 2 unspecified atom stereocenters. The molecule has 1 aromatic heterocycles. The first-order valence-corrected chi connectivity index (χ1v) is 8.31. The monoisotopic (exact) mass is 354 g/mol. The maximum Gasteiger partial charge on any atom is 0.328 e. The van der Waals surface area contributed by atoms with E-state index in [0.29, 0.717) is 4.88 Å². The van der Waals surface area contributed by atoms with Crippen molar-refractivity contribution in [1.82, 2.24) is 10.6 Å². The van der Waals surface area contributed by atoms with Gasteiger partial charge in [-0.2, -0.15) is 0 Å². The summed E-state index contributed by atoms with van der Waals surface area (Å²) in [5, 5.41) is 16.0. The molecule has 132 valence electrons. The van der Waals surface area contributed by atoms with Crippen LogP contribution in [0.2, 0.25) is 0 Å². The molecule has 3 N–H and O–H groups in total. The number of carboxylic acids is 1. The number of carbonyl (C=O) groups is 3. The first-order valence-electron chi connectivity index (χ1n) is 7.43. The fourth-order valence-electron chi connectivity index (χ4n) is 1.86. The van der Waals surface area contributed by atoms with Gasteiger partial charge in [-0.1, -0.05) is 26.0 Å². The van der Waals surface area contributed by atoms with E-state index in [1.165, 1.54) is 17.4 Å². The molecule has 0 saturated heterocycles. The van der Waals surface area contributed by atoms with Crippen LogP contribution in [0.15, 0.2) is 30.2 Å². The Morgan fingerprint density at radius 2 is 2.08 bits per heavy atom. The van der Waals surface area contributed by atoms with Crippen LogP contribution >= 0.6 is 11.3 Å². The van der Waals surface area contributed by atoms with Crippen molar-refractivity contribution in [3.63, 3.8) is 0 Å². The zero-order chi connectivity index (χ0) is 18.1. The van der Waals surface area contributed by atoms with Crippen molar-refractivity contribution in [3.8, 4) is 0 Å². The first kappa shape index (κ1) is 19.9. The second-order valence-corrected chi connectivity index (χ2v) is 6.35. The highest BCUT2D eigenvalue weighted by molar-refractivity contribution is 7.12. The van der Waals surface area contributed by atoms with Gasteiger partial charge in [0.05, 0.1) is 18.1 Å². The van der Waals surface area contributed by atoms with Gasteiger partial charge in [-0.05, 0) is 17.4 Å². The maximum absolute atomic E-state index is 12.4. The van der Waals surface area contributed by atoms with Crippen molar-refractivity contribution < 1.29 is 24.2 Å². The molecule has 0 aliphatic carbocycles. The van der Waals surface area contributed by atoms with Crippen molar-refractivity contribution in [2.45, 2.75) is 25.9 Å². The van der Waals surface area contributed by atoms with E-state index in [4.69, 9.17) is 9.84 Å². The summed E-state index contributed by atoms with van der Waals surface area (Å²) in [5.74, 6) is -2.35. The lowest BCUT2D eigenvalue weighted by Gasteiger charge is -2.23. The molecule has 1 heterocycles. The fraction of sp³-hybridized carbons (Fsp3) is 0.438. The number of amides is 2. The molecule has 0 spiro atoms. The summed E-state index contributed by atoms with van der Waals surface area (Å²) < 4.78 is 5.09. The molecule has 0 fully saturated rings. The Labute approximate surface area is 144 Å². The summed E-state index contributed by atoms with van der Waals surface area (Å²) in [5.41, 5.74) is 0. The van der Waals surface area contributed by atoms with Crippen LogP contribution in [0.25, 0.3) is 0 Å². The molecule has 1 aromatic rings. The van der Waals surface area contributed by atoms with Crippen LogP contribution in [-0.2, 0) is 14.3 Å². The molecule has 8 heteroatoms. The summed E-state index contributed by atoms with van der Waals surface area (Å²) in [6, 6.07) is 1.35. The van der Waals surface area contributed by atoms with Gasteiger partial charge in [-0.3, -0.25) is 9.59 Å². The predicted molar refractivity (Wildman–Crippen MR) is 91.0 cm³/mol. The minimum atomic E-state index is -1.21. The summed E-state index contributed by atoms with van der Waals surface area (Å²) in [6.07, 6.45) is 1.49. The lowest BCUT2D eigenvalue weighted by molar-refractivity contribution is -0.144. The zero-order valence-electron chi connectivity index (χ0n) is 13.7. The van der Waals surface area contributed by atoms with Crippen LogP contribution < -0.4 is 10.6 Å². The number of rotatable bonds is 10. The second kappa shape index (κ2) is 9.84. The Morgan fingerprint density at radius 3 is 2.58 bits per heavy atom. The number of thiophene rings is 1. The number of ether oxygens (including phenoxy) is 1. The average molecular weight is 354 g/mol. The minimum Gasteiger partial charge on any atom is -0.480 e. The molecule has 24 heavy (non-hydrogen) atoms. The third-order valence-electron chi connectivity index (χ3n) is 3.12. The van der Waals surface area contributed by atoms with Crippen LogP contribution in [0.5, 0.6) is 0 Å². The summed E-state index contributed by atoms with van der Waals surface area (Å²) in [6.45, 7) is 7.00. The van der Waals surface area contributed by atoms with Gasteiger partial charge in [-0.25, -0.2) is 4.79 Å². The maximum atomic E-state index is 12.4. The van der Waals surface area contributed by atoms with Gasteiger partial charge < -0.3 is 20.5 Å². The third kappa shape index (κ3) is 6.13. The highest BCUT2D eigenvalue weighted by atomic mass is 32.1. The molecule has 0 aliphatic rings. The average Bonchev–Trinajstić information content (AvgIpc) is 3.05. The lowest BCUT2D eigenvalue weighted by atomic mass is 10.0. The highest BCUT2D eigenvalue weighted by Gasteiger charge is 2.29. The number of hydrogen-bond acceptors (Lipinski definition) is 5. The van der Waals surface area contributed by atoms with Crippen LogP contribution in [0.4, 0.5) is 0 Å². The van der Waals surface area contributed by atoms with Crippen LogP contribution in [0.1, 0.15) is 23.5 Å². The van der Waals surface area contributed by atoms with Crippen LogP contribution in [-0.4, -0.2) is 48.2 Å². The van der Waals surface area contributed by atoms with E-state index < -0.39 is 24.0 Å². The van der Waals surface area contributed by atoms with Gasteiger partial charge in [0.2, 0.25) is 5.91 Å². The second-order valence-electron chi connectivity index (χ2n) is 5.40. The first-order chi connectivity index (χ1) is 11.4. The zero-order valence-corrected chi connectivity index (χ0v) is 14.5. The smallest absolute Gasteiger partial charge is 0.328 e. The summed E-state index contributed by atoms with van der Waals surface area (Å²) >= 11 is 1.26. The number of nitrogens with one attached hydrogen (secondary N) is 2. The van der Waals surface area contributed by atoms with Crippen molar-refractivity contribution in [3.05, 3.63) is 35.0 Å². The standard InChI is InChI=1S/C16H22N2O5S/c1-4-7-23-9-11(16(21)22)17-15(20)13(10(2)3)18-14(19)12-6-5-8-24-12/h4-6,8,10-11,13H,1,7,9H2,2-3H3,(H,17,20)(H,18,19)(H,21,22). The van der Waals surface area contributed by atoms with E-state index in [1.807, 2.05) is 0 Å². The Balaban J connectivity index is 2.72. The van der Waals surface area contributed by atoms with E-state index in [9.17, 15) is 14.4 Å². The molecule has 1 rings (SSSR count). The molecule has 0 bridgehead atoms. The van der Waals surface area contributed by atoms with Gasteiger partial charge in [0.1, 0.15) is 6.04 Å². The Kier molecular flexibility index (Phi) is 8.14. The molecule has 2 amide bonds. The SMILES string of the molecule is C=CCOCC(NC(=O)C(NC(=O)c1cccs1)C(C)C)C(=O)O. The van der Waals surface area contributed by atoms with Crippen LogP contribution in [0.3, 0.4) is 0 Å². The lowest BCUT2D eigenvalue weighted by Crippen LogP contribution is -2.54. The van der Waals surface area contributed by atoms with Crippen molar-refractivity contribution in [2.24, 2.45) is 5.92 Å². The van der Waals surface area contributed by atoms with E-state index in [0.717, 1.165) is 0 Å². The van der Waals surface area contributed by atoms with Crippen molar-refractivity contribution in [1.29, 1.82) is 0 Å². The molecule has 2 atom stereocenters. The van der Waals surface area contributed by atoms with Gasteiger partial charge in [0.25, 0.3) is 5.91 Å². The molecular weight excluding hydrogens is 332 g/mol. The van der Waals surface area contributed by atoms with Gasteiger partial charge in [0, 0.05) is 0 Å². The minimum absolute atomic E-state index is 0.183. The van der Waals surface area contributed by atoms with Crippen molar-refractivity contribution >= 4 is 29.1 Å². The Morgan fingerprint density at radius 1 is 1.38 bits per heavy atom. The number of carbonyl (C=O) groups excluding carboxylic acids is 2. The largest absolute Gasteiger partial charge is 0.480 e. The molecule has 7 nitrogen and oxygen atoms in total. The van der Waals surface area contributed by atoms with Gasteiger partial charge in [-0.15, -0.1) is 17.9 Å². The van der Waals surface area contributed by atoms with Crippen molar-refractivity contribution in [2.75, 3.05) is 13.2 Å². The highest BCUT2D eigenvalue weighted by Crippen LogP contribution is 2.10. The number of carboxylic acid groups (broad SMARTS) is 1. The quantitative estimate of drug-likeness (QED) is 0.434. The Bertz CT molecular complexity index is 571. The van der Waals surface area contributed by atoms with E-state index in [2.05, 4.69) is 17.2 Å². The third-order valence-corrected chi connectivity index (χ3v) is 3.98. The number of aliphatic carboxylic acids is 1. The number of hydrogen-bond donors (Lipinski definition) is 3. The Hall–Kier alpha value is -2.19. The molecule has 0 aromatic carbocycles. The topological polar surface area (TPSA) is 105 Å². The van der Waals surface area contributed by atoms with E-state index in [-0.39, 0.29) is 25.0 Å². The summed E-state index contributed by atoms with van der Waals surface area (Å²) in [4.78, 5) is 36.2. The molecule has 0 saturated carbocycles. The van der Waals surface area contributed by atoms with E-state index >= 15 is 0 Å². The molecular formula is C16H22N2O5S. The fourth-order valence-corrected chi connectivity index (χ4v) is 2.49. The predicted octanol–water partition coefficient (Wildman–Crippen LogP) is 1.27.